The first-order valence-electron chi connectivity index (χ1n) is 6.51. The molecule has 0 radical (unpaired) electrons. The van der Waals surface area contributed by atoms with Crippen LogP contribution in [-0.2, 0) is 4.79 Å². The summed E-state index contributed by atoms with van der Waals surface area (Å²) in [6.07, 6.45) is 10.0. The molecule has 0 atom stereocenters. The third-order valence-electron chi connectivity index (χ3n) is 2.50. The van der Waals surface area contributed by atoms with Gasteiger partial charge in [0.1, 0.15) is 0 Å². The summed E-state index contributed by atoms with van der Waals surface area (Å²) in [5.41, 5.74) is 0. The van der Waals surface area contributed by atoms with Gasteiger partial charge in [0.25, 0.3) is 0 Å². The Morgan fingerprint density at radius 3 is 2.00 bits per heavy atom. The molecule has 1 N–H and O–H groups in total. The zero-order valence-corrected chi connectivity index (χ0v) is 12.1. The standard InChI is InChI=1S/C14H23BrO2/c15-13-11-9-7-5-3-1-2-4-6-8-10-12-14(16)17/h1-2,4,6-13H2,(H,16,17). The Bertz CT molecular complexity index is 240. The maximum atomic E-state index is 10.3. The minimum absolute atomic E-state index is 0.313. The smallest absolute Gasteiger partial charge is 0.303 e. The number of unbranched alkanes of at least 4 members (excludes halogenated alkanes) is 7. The molecule has 0 unspecified atom stereocenters. The Morgan fingerprint density at radius 1 is 0.882 bits per heavy atom. The fourth-order valence-corrected chi connectivity index (χ4v) is 1.90. The summed E-state index contributed by atoms with van der Waals surface area (Å²) >= 11 is 3.40. The highest BCUT2D eigenvalue weighted by atomic mass is 79.9. The van der Waals surface area contributed by atoms with Crippen LogP contribution in [0.1, 0.15) is 64.2 Å². The molecule has 0 heterocycles. The molecule has 0 aromatic carbocycles. The fraction of sp³-hybridized carbons (Fsp3) is 0.786. The van der Waals surface area contributed by atoms with E-state index in [1.165, 1.54) is 19.3 Å². The van der Waals surface area contributed by atoms with Crippen molar-refractivity contribution in [1.82, 2.24) is 0 Å². The van der Waals surface area contributed by atoms with Crippen LogP contribution in [0.4, 0.5) is 0 Å². The van der Waals surface area contributed by atoms with Crippen molar-refractivity contribution in [3.8, 4) is 11.8 Å². The normalized spacial score (nSPS) is 9.71. The number of carboxylic acid groups (broad SMARTS) is 1. The van der Waals surface area contributed by atoms with E-state index in [1.807, 2.05) is 0 Å². The molecule has 0 fully saturated rings. The average molecular weight is 303 g/mol. The number of hydrogen-bond acceptors (Lipinski definition) is 1. The van der Waals surface area contributed by atoms with Gasteiger partial charge in [0.15, 0.2) is 0 Å². The van der Waals surface area contributed by atoms with Gasteiger partial charge in [0.2, 0.25) is 0 Å². The summed E-state index contributed by atoms with van der Waals surface area (Å²) < 4.78 is 0. The monoisotopic (exact) mass is 302 g/mol. The first-order chi connectivity index (χ1) is 8.27. The molecule has 0 aromatic rings. The summed E-state index contributed by atoms with van der Waals surface area (Å²) in [4.78, 5) is 10.3. The minimum Gasteiger partial charge on any atom is -0.481 e. The minimum atomic E-state index is -0.681. The third-order valence-corrected chi connectivity index (χ3v) is 3.06. The van der Waals surface area contributed by atoms with Crippen molar-refractivity contribution in [2.24, 2.45) is 0 Å². The molecular weight excluding hydrogens is 280 g/mol. The van der Waals surface area contributed by atoms with E-state index in [1.54, 1.807) is 0 Å². The molecule has 0 spiro atoms. The summed E-state index contributed by atoms with van der Waals surface area (Å²) in [5, 5.41) is 9.53. The van der Waals surface area contributed by atoms with Gasteiger partial charge < -0.3 is 5.11 Å². The van der Waals surface area contributed by atoms with Gasteiger partial charge in [0.05, 0.1) is 0 Å². The lowest BCUT2D eigenvalue weighted by atomic mass is 10.1. The zero-order chi connectivity index (χ0) is 12.8. The zero-order valence-electron chi connectivity index (χ0n) is 10.5. The molecular formula is C14H23BrO2. The van der Waals surface area contributed by atoms with Gasteiger partial charge in [0, 0.05) is 24.6 Å². The van der Waals surface area contributed by atoms with E-state index in [0.29, 0.717) is 6.42 Å². The van der Waals surface area contributed by atoms with Crippen molar-refractivity contribution < 1.29 is 9.90 Å². The number of aliphatic carboxylic acids is 1. The van der Waals surface area contributed by atoms with E-state index < -0.39 is 5.97 Å². The Balaban J connectivity index is 3.09. The number of halogens is 1. The molecule has 2 nitrogen and oxygen atoms in total. The van der Waals surface area contributed by atoms with Gasteiger partial charge in [-0.3, -0.25) is 4.79 Å². The lowest BCUT2D eigenvalue weighted by molar-refractivity contribution is -0.137. The maximum absolute atomic E-state index is 10.3. The second-order valence-electron chi connectivity index (χ2n) is 4.16. The lowest BCUT2D eigenvalue weighted by Gasteiger charge is -1.97. The van der Waals surface area contributed by atoms with Crippen molar-refractivity contribution in [2.75, 3.05) is 5.33 Å². The topological polar surface area (TPSA) is 37.3 Å². The largest absolute Gasteiger partial charge is 0.481 e. The molecule has 0 aliphatic heterocycles. The van der Waals surface area contributed by atoms with Crippen molar-refractivity contribution >= 4 is 21.9 Å². The van der Waals surface area contributed by atoms with E-state index in [2.05, 4.69) is 27.8 Å². The van der Waals surface area contributed by atoms with Gasteiger partial charge in [-0.2, -0.15) is 0 Å². The number of alkyl halides is 1. The number of rotatable bonds is 10. The highest BCUT2D eigenvalue weighted by molar-refractivity contribution is 9.09. The van der Waals surface area contributed by atoms with E-state index in [9.17, 15) is 4.79 Å². The molecule has 0 rings (SSSR count). The summed E-state index contributed by atoms with van der Waals surface area (Å²) in [6, 6.07) is 0. The summed E-state index contributed by atoms with van der Waals surface area (Å²) in [5.74, 6) is 5.70. The van der Waals surface area contributed by atoms with Crippen LogP contribution in [0.3, 0.4) is 0 Å². The van der Waals surface area contributed by atoms with Gasteiger partial charge in [-0.15, -0.1) is 11.8 Å². The van der Waals surface area contributed by atoms with Gasteiger partial charge in [-0.1, -0.05) is 35.2 Å². The van der Waals surface area contributed by atoms with Crippen molar-refractivity contribution in [3.05, 3.63) is 0 Å². The van der Waals surface area contributed by atoms with Crippen LogP contribution in [0, 0.1) is 11.8 Å². The van der Waals surface area contributed by atoms with E-state index in [-0.39, 0.29) is 0 Å². The predicted molar refractivity (Wildman–Crippen MR) is 75.4 cm³/mol. The molecule has 0 amide bonds. The first kappa shape index (κ1) is 16.5. The van der Waals surface area contributed by atoms with Crippen molar-refractivity contribution in [1.29, 1.82) is 0 Å². The molecule has 0 aliphatic carbocycles. The van der Waals surface area contributed by atoms with Crippen molar-refractivity contribution in [3.63, 3.8) is 0 Å². The van der Waals surface area contributed by atoms with E-state index in [0.717, 1.165) is 43.9 Å². The van der Waals surface area contributed by atoms with E-state index in [4.69, 9.17) is 5.11 Å². The quantitative estimate of drug-likeness (QED) is 0.369. The van der Waals surface area contributed by atoms with Gasteiger partial charge >= 0.3 is 5.97 Å². The maximum Gasteiger partial charge on any atom is 0.303 e. The summed E-state index contributed by atoms with van der Waals surface area (Å²) in [7, 11) is 0. The van der Waals surface area contributed by atoms with Gasteiger partial charge in [-0.25, -0.2) is 0 Å². The third kappa shape index (κ3) is 15.5. The summed E-state index contributed by atoms with van der Waals surface area (Å²) in [6.45, 7) is 0. The van der Waals surface area contributed by atoms with Crippen LogP contribution < -0.4 is 0 Å². The van der Waals surface area contributed by atoms with E-state index >= 15 is 0 Å². The van der Waals surface area contributed by atoms with Crippen LogP contribution in [0.25, 0.3) is 0 Å². The molecule has 0 saturated heterocycles. The number of hydrogen-bond donors (Lipinski definition) is 1. The van der Waals surface area contributed by atoms with Crippen LogP contribution in [0.2, 0.25) is 0 Å². The predicted octanol–water partition coefficient (Wildman–Crippen LogP) is 4.37. The molecule has 98 valence electrons. The Kier molecular flexibility index (Phi) is 13.2. The Labute approximate surface area is 113 Å². The van der Waals surface area contributed by atoms with Crippen LogP contribution in [-0.4, -0.2) is 16.4 Å². The highest BCUT2D eigenvalue weighted by Gasteiger charge is 1.95. The number of carboxylic acids is 1. The van der Waals surface area contributed by atoms with Crippen molar-refractivity contribution in [2.45, 2.75) is 64.2 Å². The molecule has 0 aliphatic rings. The molecule has 0 saturated carbocycles. The van der Waals surface area contributed by atoms with Crippen LogP contribution in [0.15, 0.2) is 0 Å². The lowest BCUT2D eigenvalue weighted by Crippen LogP contribution is -1.93. The Morgan fingerprint density at radius 2 is 1.41 bits per heavy atom. The van der Waals surface area contributed by atoms with Crippen LogP contribution >= 0.6 is 15.9 Å². The van der Waals surface area contributed by atoms with Gasteiger partial charge in [-0.05, 0) is 25.7 Å². The SMILES string of the molecule is O=C(O)CCCCCCCC#CCCCCBr. The molecule has 0 aromatic heterocycles. The molecule has 17 heavy (non-hydrogen) atoms. The highest BCUT2D eigenvalue weighted by Crippen LogP contribution is 2.06. The average Bonchev–Trinajstić information content (AvgIpc) is 2.30. The second-order valence-corrected chi connectivity index (χ2v) is 4.95. The Hall–Kier alpha value is -0.490. The fourth-order valence-electron chi connectivity index (χ4n) is 1.50. The number of carbonyl (C=O) groups is 1. The van der Waals surface area contributed by atoms with Crippen LogP contribution in [0.5, 0.6) is 0 Å². The molecule has 3 heteroatoms. The second kappa shape index (κ2) is 13.6. The molecule has 0 bridgehead atoms. The first-order valence-corrected chi connectivity index (χ1v) is 7.63.